The molecule has 0 bridgehead atoms. The van der Waals surface area contributed by atoms with Crippen LogP contribution in [0.25, 0.3) is 11.4 Å². The van der Waals surface area contributed by atoms with Crippen molar-refractivity contribution in [2.75, 3.05) is 7.11 Å². The summed E-state index contributed by atoms with van der Waals surface area (Å²) < 4.78 is 10.7. The summed E-state index contributed by atoms with van der Waals surface area (Å²) in [6, 6.07) is 7.62. The lowest BCUT2D eigenvalue weighted by Crippen LogP contribution is -2.17. The summed E-state index contributed by atoms with van der Waals surface area (Å²) in [6.45, 7) is 0. The number of aliphatic hydroxyl groups is 1. The Hall–Kier alpha value is -1.88. The Bertz CT molecular complexity index is 574. The van der Waals surface area contributed by atoms with Crippen molar-refractivity contribution in [1.29, 1.82) is 0 Å². The van der Waals surface area contributed by atoms with Gasteiger partial charge >= 0.3 is 0 Å². The van der Waals surface area contributed by atoms with Crippen molar-refractivity contribution in [2.24, 2.45) is 0 Å². The molecule has 106 valence electrons. The molecule has 2 aromatic rings. The van der Waals surface area contributed by atoms with E-state index in [0.29, 0.717) is 11.7 Å². The number of benzene rings is 1. The molecule has 1 saturated carbocycles. The monoisotopic (exact) mass is 274 g/mol. The Morgan fingerprint density at radius 3 is 2.70 bits per heavy atom. The van der Waals surface area contributed by atoms with Crippen LogP contribution in [-0.2, 0) is 0 Å². The van der Waals surface area contributed by atoms with Crippen molar-refractivity contribution in [1.82, 2.24) is 10.1 Å². The van der Waals surface area contributed by atoms with Gasteiger partial charge in [-0.25, -0.2) is 0 Å². The molecule has 1 aromatic carbocycles. The van der Waals surface area contributed by atoms with Crippen LogP contribution in [0.4, 0.5) is 0 Å². The fourth-order valence-corrected chi connectivity index (χ4v) is 2.66. The van der Waals surface area contributed by atoms with E-state index in [-0.39, 0.29) is 12.0 Å². The first-order valence-corrected chi connectivity index (χ1v) is 6.93. The molecule has 5 heteroatoms. The topological polar surface area (TPSA) is 68.4 Å². The highest BCUT2D eigenvalue weighted by molar-refractivity contribution is 5.63. The second-order valence-corrected chi connectivity index (χ2v) is 5.16. The van der Waals surface area contributed by atoms with Crippen LogP contribution in [0.3, 0.4) is 0 Å². The van der Waals surface area contributed by atoms with Crippen molar-refractivity contribution in [2.45, 2.75) is 37.7 Å². The molecule has 0 atom stereocenters. The fourth-order valence-electron chi connectivity index (χ4n) is 2.66. The van der Waals surface area contributed by atoms with Gasteiger partial charge in [0, 0.05) is 5.92 Å². The number of hydrogen-bond acceptors (Lipinski definition) is 5. The van der Waals surface area contributed by atoms with E-state index in [9.17, 15) is 5.11 Å². The summed E-state index contributed by atoms with van der Waals surface area (Å²) in [6.07, 6.45) is 3.22. The number of hydrogen-bond donors (Lipinski definition) is 1. The lowest BCUT2D eigenvalue weighted by molar-refractivity contribution is 0.116. The molecule has 0 aliphatic heterocycles. The van der Waals surface area contributed by atoms with E-state index in [1.54, 1.807) is 7.11 Å². The van der Waals surface area contributed by atoms with Crippen LogP contribution in [0.2, 0.25) is 0 Å². The predicted molar refractivity (Wildman–Crippen MR) is 73.5 cm³/mol. The highest BCUT2D eigenvalue weighted by Crippen LogP contribution is 2.34. The third kappa shape index (κ3) is 2.54. The average molecular weight is 274 g/mol. The van der Waals surface area contributed by atoms with Gasteiger partial charge < -0.3 is 14.4 Å². The van der Waals surface area contributed by atoms with Crippen LogP contribution >= 0.6 is 0 Å². The second-order valence-electron chi connectivity index (χ2n) is 5.16. The highest BCUT2D eigenvalue weighted by atomic mass is 16.5. The molecule has 1 fully saturated rings. The molecule has 1 aromatic heterocycles. The molecule has 20 heavy (non-hydrogen) atoms. The van der Waals surface area contributed by atoms with Crippen molar-refractivity contribution in [3.05, 3.63) is 30.2 Å². The minimum absolute atomic E-state index is 0.178. The summed E-state index contributed by atoms with van der Waals surface area (Å²) in [5, 5.41) is 13.6. The highest BCUT2D eigenvalue weighted by Gasteiger charge is 2.26. The van der Waals surface area contributed by atoms with Crippen LogP contribution in [-0.4, -0.2) is 28.5 Å². The molecule has 0 saturated heterocycles. The van der Waals surface area contributed by atoms with Gasteiger partial charge in [0.05, 0.1) is 18.8 Å². The lowest BCUT2D eigenvalue weighted by Gasteiger charge is -2.22. The van der Waals surface area contributed by atoms with E-state index in [1.807, 2.05) is 24.3 Å². The molecule has 1 heterocycles. The maximum Gasteiger partial charge on any atom is 0.230 e. The molecule has 1 N–H and O–H groups in total. The van der Waals surface area contributed by atoms with E-state index in [1.165, 1.54) is 0 Å². The van der Waals surface area contributed by atoms with E-state index in [2.05, 4.69) is 10.1 Å². The Kier molecular flexibility index (Phi) is 3.69. The second kappa shape index (κ2) is 5.63. The maximum absolute atomic E-state index is 9.54. The van der Waals surface area contributed by atoms with Crippen molar-refractivity contribution in [3.8, 4) is 17.1 Å². The van der Waals surface area contributed by atoms with Gasteiger partial charge in [-0.2, -0.15) is 4.98 Å². The largest absolute Gasteiger partial charge is 0.496 e. The van der Waals surface area contributed by atoms with Crippen LogP contribution in [0.5, 0.6) is 5.75 Å². The third-order valence-corrected chi connectivity index (χ3v) is 3.84. The molecular formula is C15H18N2O3. The smallest absolute Gasteiger partial charge is 0.230 e. The van der Waals surface area contributed by atoms with Gasteiger partial charge in [0.1, 0.15) is 5.75 Å². The van der Waals surface area contributed by atoms with E-state index >= 15 is 0 Å². The molecule has 0 spiro atoms. The SMILES string of the molecule is COc1ccccc1-c1noc(C2CCC(O)CC2)n1. The van der Waals surface area contributed by atoms with Crippen LogP contribution < -0.4 is 4.74 Å². The third-order valence-electron chi connectivity index (χ3n) is 3.84. The molecule has 0 radical (unpaired) electrons. The van der Waals surface area contributed by atoms with Gasteiger partial charge in [-0.3, -0.25) is 0 Å². The van der Waals surface area contributed by atoms with Gasteiger partial charge in [-0.15, -0.1) is 0 Å². The zero-order chi connectivity index (χ0) is 13.9. The maximum atomic E-state index is 9.54. The van der Waals surface area contributed by atoms with Gasteiger partial charge in [-0.05, 0) is 37.8 Å². The predicted octanol–water partition coefficient (Wildman–Crippen LogP) is 2.76. The first kappa shape index (κ1) is 13.1. The molecule has 1 aliphatic rings. The van der Waals surface area contributed by atoms with E-state index in [4.69, 9.17) is 9.26 Å². The van der Waals surface area contributed by atoms with E-state index in [0.717, 1.165) is 37.0 Å². The number of rotatable bonds is 3. The van der Waals surface area contributed by atoms with Gasteiger partial charge in [0.15, 0.2) is 0 Å². The number of aromatic nitrogens is 2. The number of ether oxygens (including phenoxy) is 1. The average Bonchev–Trinajstić information content (AvgIpc) is 2.97. The van der Waals surface area contributed by atoms with Gasteiger partial charge in [-0.1, -0.05) is 17.3 Å². The summed E-state index contributed by atoms with van der Waals surface area (Å²) in [7, 11) is 1.63. The number of aliphatic hydroxyl groups excluding tert-OH is 1. The van der Waals surface area contributed by atoms with Crippen LogP contribution in [0, 0.1) is 0 Å². The Morgan fingerprint density at radius 2 is 1.95 bits per heavy atom. The lowest BCUT2D eigenvalue weighted by atomic mass is 9.87. The Labute approximate surface area is 117 Å². The molecule has 0 amide bonds. The minimum atomic E-state index is -0.178. The minimum Gasteiger partial charge on any atom is -0.496 e. The fraction of sp³-hybridized carbons (Fsp3) is 0.467. The summed E-state index contributed by atoms with van der Waals surface area (Å²) in [5.74, 6) is 2.22. The number of methoxy groups -OCH3 is 1. The first-order valence-electron chi connectivity index (χ1n) is 6.93. The summed E-state index contributed by atoms with van der Waals surface area (Å²) >= 11 is 0. The van der Waals surface area contributed by atoms with Gasteiger partial charge in [0.25, 0.3) is 0 Å². The number of para-hydroxylation sites is 1. The van der Waals surface area contributed by atoms with Crippen molar-refractivity contribution >= 4 is 0 Å². The summed E-state index contributed by atoms with van der Waals surface area (Å²) in [5.41, 5.74) is 0.834. The first-order chi connectivity index (χ1) is 9.78. The zero-order valence-corrected chi connectivity index (χ0v) is 11.5. The molecule has 3 rings (SSSR count). The molecule has 0 unspecified atom stereocenters. The van der Waals surface area contributed by atoms with Crippen LogP contribution in [0.1, 0.15) is 37.5 Å². The standard InChI is InChI=1S/C15H18N2O3/c1-19-13-5-3-2-4-12(13)14-16-15(20-17-14)10-6-8-11(18)9-7-10/h2-5,10-11,18H,6-9H2,1H3. The van der Waals surface area contributed by atoms with E-state index < -0.39 is 0 Å². The Morgan fingerprint density at radius 1 is 1.20 bits per heavy atom. The van der Waals surface area contributed by atoms with Crippen molar-refractivity contribution < 1.29 is 14.4 Å². The van der Waals surface area contributed by atoms with Crippen LogP contribution in [0.15, 0.2) is 28.8 Å². The number of nitrogens with zero attached hydrogens (tertiary/aromatic N) is 2. The molecule has 1 aliphatic carbocycles. The normalized spacial score (nSPS) is 22.7. The van der Waals surface area contributed by atoms with Gasteiger partial charge in [0.2, 0.25) is 11.7 Å². The molecule has 5 nitrogen and oxygen atoms in total. The van der Waals surface area contributed by atoms with Crippen molar-refractivity contribution in [3.63, 3.8) is 0 Å². The zero-order valence-electron chi connectivity index (χ0n) is 11.5. The molecular weight excluding hydrogens is 256 g/mol. The summed E-state index contributed by atoms with van der Waals surface area (Å²) in [4.78, 5) is 4.50. The Balaban J connectivity index is 1.83. The quantitative estimate of drug-likeness (QED) is 0.932.